The molecule has 0 saturated heterocycles. The van der Waals surface area contributed by atoms with Gasteiger partial charge in [0.15, 0.2) is 0 Å². The molecule has 0 aliphatic heterocycles. The Balaban J connectivity index is 1.96. The van der Waals surface area contributed by atoms with Crippen LogP contribution in [0.3, 0.4) is 0 Å². The molecule has 1 aromatic carbocycles. The minimum atomic E-state index is -3.52. The summed E-state index contributed by atoms with van der Waals surface area (Å²) in [6.45, 7) is 1.75. The average molecular weight is 324 g/mol. The van der Waals surface area contributed by atoms with Crippen LogP contribution in [0.2, 0.25) is 0 Å². The van der Waals surface area contributed by atoms with Gasteiger partial charge in [-0.15, -0.1) is 0 Å². The molecule has 0 atom stereocenters. The van der Waals surface area contributed by atoms with Gasteiger partial charge in [-0.05, 0) is 53.1 Å². The molecule has 0 aliphatic carbocycles. The fourth-order valence-corrected chi connectivity index (χ4v) is 3.50. The predicted octanol–water partition coefficient (Wildman–Crippen LogP) is 2.23. The first-order chi connectivity index (χ1) is 9.97. The smallest absolute Gasteiger partial charge is 0.240 e. The van der Waals surface area contributed by atoms with Gasteiger partial charge < -0.3 is 5.32 Å². The highest BCUT2D eigenvalue weighted by atomic mass is 32.2. The van der Waals surface area contributed by atoms with Crippen molar-refractivity contribution in [1.82, 2.24) is 4.72 Å². The summed E-state index contributed by atoms with van der Waals surface area (Å²) in [5.74, 6) is -0.195. The summed E-state index contributed by atoms with van der Waals surface area (Å²) in [6, 6.07) is 8.04. The summed E-state index contributed by atoms with van der Waals surface area (Å²) in [5.41, 5.74) is 1.68. The van der Waals surface area contributed by atoms with Gasteiger partial charge in [0.2, 0.25) is 15.9 Å². The number of rotatable bonds is 6. The lowest BCUT2D eigenvalue weighted by molar-refractivity contribution is -0.114. The van der Waals surface area contributed by atoms with Gasteiger partial charge in [-0.2, -0.15) is 11.3 Å². The lowest BCUT2D eigenvalue weighted by Gasteiger charge is -2.07. The number of hydrogen-bond donors (Lipinski definition) is 2. The Kier molecular flexibility index (Phi) is 5.11. The fourth-order valence-electron chi connectivity index (χ4n) is 1.77. The first kappa shape index (κ1) is 15.7. The van der Waals surface area contributed by atoms with Gasteiger partial charge in [0.25, 0.3) is 0 Å². The zero-order valence-corrected chi connectivity index (χ0v) is 13.1. The van der Waals surface area contributed by atoms with E-state index in [-0.39, 0.29) is 10.8 Å². The van der Waals surface area contributed by atoms with Crippen molar-refractivity contribution < 1.29 is 13.2 Å². The Hall–Kier alpha value is -1.70. The van der Waals surface area contributed by atoms with Gasteiger partial charge in [0.05, 0.1) is 4.90 Å². The molecule has 0 saturated carbocycles. The third-order valence-electron chi connectivity index (χ3n) is 2.77. The zero-order chi connectivity index (χ0) is 15.3. The molecular formula is C14H16N2O3S2. The molecule has 5 nitrogen and oxygen atoms in total. The largest absolute Gasteiger partial charge is 0.326 e. The molecule has 7 heteroatoms. The second-order valence-electron chi connectivity index (χ2n) is 4.48. The second-order valence-corrected chi connectivity index (χ2v) is 7.03. The van der Waals surface area contributed by atoms with Crippen molar-refractivity contribution in [3.8, 4) is 0 Å². The van der Waals surface area contributed by atoms with Gasteiger partial charge >= 0.3 is 0 Å². The number of thiophene rings is 1. The van der Waals surface area contributed by atoms with E-state index in [1.807, 2.05) is 16.8 Å². The first-order valence-electron chi connectivity index (χ1n) is 6.36. The lowest BCUT2D eigenvalue weighted by atomic mass is 10.2. The maximum absolute atomic E-state index is 12.1. The van der Waals surface area contributed by atoms with Gasteiger partial charge in [0.1, 0.15) is 0 Å². The van der Waals surface area contributed by atoms with Crippen molar-refractivity contribution >= 4 is 33.0 Å². The Bertz CT molecular complexity index is 692. The molecule has 2 N–H and O–H groups in total. The second kappa shape index (κ2) is 6.84. The summed E-state index contributed by atoms with van der Waals surface area (Å²) in [6.07, 6.45) is 0.659. The number of sulfonamides is 1. The Labute approximate surface area is 128 Å². The van der Waals surface area contributed by atoms with Gasteiger partial charge in [-0.25, -0.2) is 13.1 Å². The van der Waals surface area contributed by atoms with Crippen LogP contribution in [0.15, 0.2) is 46.0 Å². The molecule has 21 heavy (non-hydrogen) atoms. The molecule has 0 bridgehead atoms. The maximum Gasteiger partial charge on any atom is 0.240 e. The number of amides is 1. The van der Waals surface area contributed by atoms with Crippen LogP contribution in [0.1, 0.15) is 12.5 Å². The number of benzene rings is 1. The predicted molar refractivity (Wildman–Crippen MR) is 84.0 cm³/mol. The molecule has 0 fully saturated rings. The van der Waals surface area contributed by atoms with E-state index in [0.29, 0.717) is 18.7 Å². The SMILES string of the molecule is CC(=O)Nc1ccc(S(=O)(=O)NCCc2ccsc2)cc1. The molecule has 0 aliphatic rings. The van der Waals surface area contributed by atoms with Crippen LogP contribution < -0.4 is 10.0 Å². The van der Waals surface area contributed by atoms with E-state index < -0.39 is 10.0 Å². The van der Waals surface area contributed by atoms with Crippen LogP contribution in [0, 0.1) is 0 Å². The average Bonchev–Trinajstić information content (AvgIpc) is 2.91. The minimum absolute atomic E-state index is 0.182. The number of carbonyl (C=O) groups is 1. The standard InChI is InChI=1S/C14H16N2O3S2/c1-11(17)16-13-2-4-14(5-3-13)21(18,19)15-8-6-12-7-9-20-10-12/h2-5,7,9-10,15H,6,8H2,1H3,(H,16,17). The minimum Gasteiger partial charge on any atom is -0.326 e. The van der Waals surface area contributed by atoms with Crippen molar-refractivity contribution in [3.05, 3.63) is 46.7 Å². The monoisotopic (exact) mass is 324 g/mol. The van der Waals surface area contributed by atoms with Gasteiger partial charge in [-0.1, -0.05) is 0 Å². The molecule has 0 radical (unpaired) electrons. The summed E-state index contributed by atoms with van der Waals surface area (Å²) in [4.78, 5) is 11.1. The van der Waals surface area contributed by atoms with Crippen LogP contribution in [-0.2, 0) is 21.2 Å². The third-order valence-corrected chi connectivity index (χ3v) is 4.98. The summed E-state index contributed by atoms with van der Waals surface area (Å²) >= 11 is 1.59. The molecule has 0 unspecified atom stereocenters. The molecule has 112 valence electrons. The molecule has 0 spiro atoms. The van der Waals surface area contributed by atoms with Gasteiger partial charge in [-0.3, -0.25) is 4.79 Å². The van der Waals surface area contributed by atoms with Crippen molar-refractivity contribution in [2.24, 2.45) is 0 Å². The molecule has 1 amide bonds. The van der Waals surface area contributed by atoms with E-state index in [0.717, 1.165) is 5.56 Å². The molecule has 1 heterocycles. The van der Waals surface area contributed by atoms with Crippen molar-refractivity contribution in [2.45, 2.75) is 18.2 Å². The topological polar surface area (TPSA) is 75.3 Å². The first-order valence-corrected chi connectivity index (χ1v) is 8.78. The fraction of sp³-hybridized carbons (Fsp3) is 0.214. The zero-order valence-electron chi connectivity index (χ0n) is 11.5. The van der Waals surface area contributed by atoms with E-state index in [1.165, 1.54) is 19.1 Å². The Morgan fingerprint density at radius 1 is 1.19 bits per heavy atom. The van der Waals surface area contributed by atoms with E-state index in [2.05, 4.69) is 10.0 Å². The number of anilines is 1. The van der Waals surface area contributed by atoms with Crippen LogP contribution in [-0.4, -0.2) is 20.9 Å². The number of hydrogen-bond acceptors (Lipinski definition) is 4. The normalized spacial score (nSPS) is 11.3. The quantitative estimate of drug-likeness (QED) is 0.855. The highest BCUT2D eigenvalue weighted by Crippen LogP contribution is 2.14. The van der Waals surface area contributed by atoms with Crippen LogP contribution >= 0.6 is 11.3 Å². The highest BCUT2D eigenvalue weighted by molar-refractivity contribution is 7.89. The summed E-state index contributed by atoms with van der Waals surface area (Å²) in [5, 5.41) is 6.55. The van der Waals surface area contributed by atoms with Crippen molar-refractivity contribution in [2.75, 3.05) is 11.9 Å². The third kappa shape index (κ3) is 4.66. The lowest BCUT2D eigenvalue weighted by Crippen LogP contribution is -2.25. The van der Waals surface area contributed by atoms with Crippen LogP contribution in [0.25, 0.3) is 0 Å². The van der Waals surface area contributed by atoms with Crippen molar-refractivity contribution in [3.63, 3.8) is 0 Å². The van der Waals surface area contributed by atoms with Crippen molar-refractivity contribution in [1.29, 1.82) is 0 Å². The van der Waals surface area contributed by atoms with E-state index in [1.54, 1.807) is 23.5 Å². The Morgan fingerprint density at radius 2 is 1.90 bits per heavy atom. The molecule has 2 aromatic rings. The van der Waals surface area contributed by atoms with E-state index >= 15 is 0 Å². The maximum atomic E-state index is 12.1. The van der Waals surface area contributed by atoms with Gasteiger partial charge in [0, 0.05) is 19.2 Å². The number of nitrogens with one attached hydrogen (secondary N) is 2. The summed E-state index contributed by atoms with van der Waals surface area (Å²) < 4.78 is 26.8. The molecular weight excluding hydrogens is 308 g/mol. The van der Waals surface area contributed by atoms with E-state index in [9.17, 15) is 13.2 Å². The summed E-state index contributed by atoms with van der Waals surface area (Å²) in [7, 11) is -3.52. The van der Waals surface area contributed by atoms with E-state index in [4.69, 9.17) is 0 Å². The molecule has 1 aromatic heterocycles. The van der Waals surface area contributed by atoms with Crippen LogP contribution in [0.5, 0.6) is 0 Å². The molecule has 2 rings (SSSR count). The number of carbonyl (C=O) groups excluding carboxylic acids is 1. The van der Waals surface area contributed by atoms with Crippen LogP contribution in [0.4, 0.5) is 5.69 Å². The highest BCUT2D eigenvalue weighted by Gasteiger charge is 2.13. The Morgan fingerprint density at radius 3 is 2.48 bits per heavy atom.